The Balaban J connectivity index is 1.78. The van der Waals surface area contributed by atoms with Crippen LogP contribution in [-0.2, 0) is 6.61 Å². The molecule has 0 amide bonds. The lowest BCUT2D eigenvalue weighted by Gasteiger charge is -2.14. The van der Waals surface area contributed by atoms with Crippen molar-refractivity contribution in [2.24, 2.45) is 0 Å². The number of ketones is 1. The van der Waals surface area contributed by atoms with Crippen molar-refractivity contribution in [2.75, 3.05) is 0 Å². The number of ether oxygens (including phenoxy) is 1. The fourth-order valence-corrected chi connectivity index (χ4v) is 3.15. The van der Waals surface area contributed by atoms with Gasteiger partial charge in [0.25, 0.3) is 0 Å². The molecule has 0 saturated carbocycles. The number of phenolic OH excluding ortho intramolecular Hbond substituents is 1. The lowest BCUT2D eigenvalue weighted by atomic mass is 9.98. The van der Waals surface area contributed by atoms with Crippen molar-refractivity contribution in [1.29, 1.82) is 5.26 Å². The highest BCUT2D eigenvalue weighted by atomic mass is 35.5. The molecular weight excluding hydrogens is 390 g/mol. The SMILES string of the molecule is CC(=O)c1ccc(OCc2cccc(C(O)c3cccc(C#N)c3)c2)c(Cl)c1O. The number of aromatic hydroxyl groups is 1. The van der Waals surface area contributed by atoms with E-state index in [0.717, 1.165) is 5.56 Å². The average Bonchev–Trinajstić information content (AvgIpc) is 2.74. The van der Waals surface area contributed by atoms with Crippen LogP contribution >= 0.6 is 11.6 Å². The van der Waals surface area contributed by atoms with Gasteiger partial charge in [0.2, 0.25) is 0 Å². The van der Waals surface area contributed by atoms with Crippen LogP contribution in [0.15, 0.2) is 60.7 Å². The Hall–Kier alpha value is -3.33. The van der Waals surface area contributed by atoms with E-state index in [1.165, 1.54) is 19.1 Å². The highest BCUT2D eigenvalue weighted by Crippen LogP contribution is 2.36. The van der Waals surface area contributed by atoms with E-state index in [4.69, 9.17) is 21.6 Å². The van der Waals surface area contributed by atoms with Gasteiger partial charge in [0.05, 0.1) is 17.2 Å². The van der Waals surface area contributed by atoms with E-state index in [1.807, 2.05) is 6.07 Å². The zero-order valence-corrected chi connectivity index (χ0v) is 16.3. The first-order valence-corrected chi connectivity index (χ1v) is 9.20. The standard InChI is InChI=1S/C23H18ClNO4/c1-14(26)19-8-9-20(21(24)23(19)28)29-13-16-5-3-7-18(11-16)22(27)17-6-2-4-15(10-17)12-25/h2-11,22,27-28H,13H2,1H3. The van der Waals surface area contributed by atoms with Gasteiger partial charge in [-0.3, -0.25) is 4.79 Å². The molecule has 0 saturated heterocycles. The molecule has 146 valence electrons. The first-order chi connectivity index (χ1) is 13.9. The van der Waals surface area contributed by atoms with Gasteiger partial charge in [0.1, 0.15) is 29.2 Å². The van der Waals surface area contributed by atoms with Crippen LogP contribution in [0.3, 0.4) is 0 Å². The minimum atomic E-state index is -0.884. The summed E-state index contributed by atoms with van der Waals surface area (Å²) in [6, 6.07) is 19.1. The molecule has 3 aromatic carbocycles. The van der Waals surface area contributed by atoms with Gasteiger partial charge < -0.3 is 14.9 Å². The maximum absolute atomic E-state index is 11.5. The molecule has 0 bridgehead atoms. The third-order valence-electron chi connectivity index (χ3n) is 4.45. The van der Waals surface area contributed by atoms with Crippen molar-refractivity contribution < 1.29 is 19.7 Å². The van der Waals surface area contributed by atoms with Crippen LogP contribution in [0.1, 0.15) is 45.6 Å². The lowest BCUT2D eigenvalue weighted by Crippen LogP contribution is -2.03. The van der Waals surface area contributed by atoms with E-state index in [0.29, 0.717) is 16.7 Å². The molecule has 1 atom stereocenters. The second-order valence-electron chi connectivity index (χ2n) is 6.50. The highest BCUT2D eigenvalue weighted by molar-refractivity contribution is 6.34. The fourth-order valence-electron chi connectivity index (χ4n) is 2.93. The quantitative estimate of drug-likeness (QED) is 0.574. The van der Waals surface area contributed by atoms with E-state index >= 15 is 0 Å². The van der Waals surface area contributed by atoms with Crippen molar-refractivity contribution >= 4 is 17.4 Å². The van der Waals surface area contributed by atoms with Crippen molar-refractivity contribution in [3.63, 3.8) is 0 Å². The van der Waals surface area contributed by atoms with E-state index < -0.39 is 6.10 Å². The Bertz CT molecular complexity index is 1100. The minimum absolute atomic E-state index is 0.0257. The maximum atomic E-state index is 11.5. The van der Waals surface area contributed by atoms with Crippen LogP contribution < -0.4 is 4.74 Å². The zero-order valence-electron chi connectivity index (χ0n) is 15.6. The van der Waals surface area contributed by atoms with Crippen LogP contribution in [0, 0.1) is 11.3 Å². The second-order valence-corrected chi connectivity index (χ2v) is 6.88. The summed E-state index contributed by atoms with van der Waals surface area (Å²) in [7, 11) is 0. The number of aliphatic hydroxyl groups excluding tert-OH is 1. The fraction of sp³-hybridized carbons (Fsp3) is 0.130. The largest absolute Gasteiger partial charge is 0.505 e. The van der Waals surface area contributed by atoms with Gasteiger partial charge in [-0.05, 0) is 53.9 Å². The number of hydrogen-bond donors (Lipinski definition) is 2. The summed E-state index contributed by atoms with van der Waals surface area (Å²) >= 11 is 6.11. The summed E-state index contributed by atoms with van der Waals surface area (Å²) in [5, 5.41) is 29.7. The smallest absolute Gasteiger partial charge is 0.163 e. The van der Waals surface area contributed by atoms with Gasteiger partial charge in [-0.15, -0.1) is 0 Å². The monoisotopic (exact) mass is 407 g/mol. The van der Waals surface area contributed by atoms with E-state index in [1.54, 1.807) is 42.5 Å². The van der Waals surface area contributed by atoms with Gasteiger partial charge in [-0.25, -0.2) is 0 Å². The number of carbonyl (C=O) groups excluding carboxylic acids is 1. The number of rotatable bonds is 6. The van der Waals surface area contributed by atoms with Crippen molar-refractivity contribution in [3.8, 4) is 17.6 Å². The molecular formula is C23H18ClNO4. The van der Waals surface area contributed by atoms with Crippen LogP contribution in [0.25, 0.3) is 0 Å². The number of nitrogens with zero attached hydrogens (tertiary/aromatic N) is 1. The second kappa shape index (κ2) is 8.78. The van der Waals surface area contributed by atoms with E-state index in [9.17, 15) is 15.0 Å². The molecule has 0 spiro atoms. The molecule has 2 N–H and O–H groups in total. The Kier molecular flexibility index (Phi) is 6.18. The molecule has 0 aromatic heterocycles. The molecule has 0 aliphatic heterocycles. The van der Waals surface area contributed by atoms with E-state index in [-0.39, 0.29) is 34.5 Å². The molecule has 0 heterocycles. The van der Waals surface area contributed by atoms with E-state index in [2.05, 4.69) is 6.07 Å². The predicted octanol–water partition coefficient (Wildman–Crippen LogP) is 4.78. The molecule has 29 heavy (non-hydrogen) atoms. The summed E-state index contributed by atoms with van der Waals surface area (Å²) in [5.41, 5.74) is 2.66. The molecule has 3 rings (SSSR count). The Morgan fingerprint density at radius 2 is 1.83 bits per heavy atom. The van der Waals surface area contributed by atoms with Gasteiger partial charge >= 0.3 is 0 Å². The van der Waals surface area contributed by atoms with Crippen LogP contribution in [0.2, 0.25) is 5.02 Å². The third kappa shape index (κ3) is 4.57. The van der Waals surface area contributed by atoms with Gasteiger partial charge in [-0.1, -0.05) is 41.9 Å². The number of hydrogen-bond acceptors (Lipinski definition) is 5. The molecule has 0 fully saturated rings. The molecule has 0 aliphatic carbocycles. The van der Waals surface area contributed by atoms with Crippen LogP contribution in [-0.4, -0.2) is 16.0 Å². The van der Waals surface area contributed by atoms with Gasteiger partial charge in [-0.2, -0.15) is 5.26 Å². The molecule has 6 heteroatoms. The van der Waals surface area contributed by atoms with Crippen molar-refractivity contribution in [1.82, 2.24) is 0 Å². The van der Waals surface area contributed by atoms with Crippen LogP contribution in [0.5, 0.6) is 11.5 Å². The number of carbonyl (C=O) groups is 1. The first kappa shape index (κ1) is 20.4. The number of phenols is 1. The third-order valence-corrected chi connectivity index (χ3v) is 4.82. The lowest BCUT2D eigenvalue weighted by molar-refractivity contribution is 0.101. The summed E-state index contributed by atoms with van der Waals surface area (Å²) < 4.78 is 5.69. The highest BCUT2D eigenvalue weighted by Gasteiger charge is 2.15. The summed E-state index contributed by atoms with van der Waals surface area (Å²) in [5.74, 6) is -0.349. The Morgan fingerprint density at radius 3 is 2.52 bits per heavy atom. The number of nitriles is 1. The minimum Gasteiger partial charge on any atom is -0.505 e. The molecule has 0 aliphatic rings. The van der Waals surface area contributed by atoms with Gasteiger partial charge in [0.15, 0.2) is 5.78 Å². The summed E-state index contributed by atoms with van der Waals surface area (Å²) in [4.78, 5) is 11.5. The Morgan fingerprint density at radius 1 is 1.14 bits per heavy atom. The molecule has 0 radical (unpaired) electrons. The predicted molar refractivity (Wildman–Crippen MR) is 109 cm³/mol. The number of halogens is 1. The molecule has 1 unspecified atom stereocenters. The molecule has 3 aromatic rings. The number of benzene rings is 3. The van der Waals surface area contributed by atoms with Crippen molar-refractivity contribution in [3.05, 3.63) is 93.5 Å². The zero-order chi connectivity index (χ0) is 21.0. The summed E-state index contributed by atoms with van der Waals surface area (Å²) in [6.07, 6.45) is -0.884. The van der Waals surface area contributed by atoms with Crippen molar-refractivity contribution in [2.45, 2.75) is 19.6 Å². The van der Waals surface area contributed by atoms with Gasteiger partial charge in [0, 0.05) is 0 Å². The topological polar surface area (TPSA) is 90.5 Å². The normalized spacial score (nSPS) is 11.5. The number of aliphatic hydroxyl groups is 1. The first-order valence-electron chi connectivity index (χ1n) is 8.83. The summed E-state index contributed by atoms with van der Waals surface area (Å²) in [6.45, 7) is 1.49. The average molecular weight is 408 g/mol. The number of Topliss-reactive ketones (excluding diaryl/α,β-unsaturated/α-hetero) is 1. The maximum Gasteiger partial charge on any atom is 0.163 e. The van der Waals surface area contributed by atoms with Crippen LogP contribution in [0.4, 0.5) is 0 Å². The molecule has 5 nitrogen and oxygen atoms in total. The Labute approximate surface area is 173 Å².